The van der Waals surface area contributed by atoms with Crippen LogP contribution in [0, 0.1) is 10.1 Å². The smallest absolute Gasteiger partial charge is 0.336 e. The summed E-state index contributed by atoms with van der Waals surface area (Å²) < 4.78 is 5.08. The summed E-state index contributed by atoms with van der Waals surface area (Å²) in [6.07, 6.45) is 1.46. The van der Waals surface area contributed by atoms with Gasteiger partial charge in [0.05, 0.1) is 17.6 Å². The lowest BCUT2D eigenvalue weighted by molar-refractivity contribution is -0.384. The van der Waals surface area contributed by atoms with Crippen molar-refractivity contribution in [1.29, 1.82) is 0 Å². The lowest BCUT2D eigenvalue weighted by Gasteiger charge is -2.06. The van der Waals surface area contributed by atoms with Crippen LogP contribution in [0.15, 0.2) is 48.5 Å². The zero-order valence-corrected chi connectivity index (χ0v) is 11.7. The fourth-order valence-electron chi connectivity index (χ4n) is 1.92. The van der Waals surface area contributed by atoms with Gasteiger partial charge in [-0.1, -0.05) is 12.1 Å². The number of hydrogen-bond donors (Lipinski definition) is 1. The van der Waals surface area contributed by atoms with E-state index in [-0.39, 0.29) is 11.3 Å². The summed E-state index contributed by atoms with van der Waals surface area (Å²) >= 11 is 0. The second kappa shape index (κ2) is 6.53. The Balaban J connectivity index is 2.42. The van der Waals surface area contributed by atoms with E-state index in [2.05, 4.69) is 0 Å². The van der Waals surface area contributed by atoms with Crippen molar-refractivity contribution in [2.24, 2.45) is 0 Å². The molecule has 0 bridgehead atoms. The zero-order chi connectivity index (χ0) is 16.1. The van der Waals surface area contributed by atoms with E-state index in [9.17, 15) is 20.0 Å². The largest absolute Gasteiger partial charge is 0.497 e. The molecule has 22 heavy (non-hydrogen) atoms. The molecule has 0 atom stereocenters. The van der Waals surface area contributed by atoms with Crippen molar-refractivity contribution in [3.63, 3.8) is 0 Å². The molecule has 0 spiro atoms. The van der Waals surface area contributed by atoms with E-state index in [1.54, 1.807) is 24.3 Å². The highest BCUT2D eigenvalue weighted by Gasteiger charge is 2.12. The number of carboxylic acids is 1. The molecule has 2 rings (SSSR count). The first-order valence-corrected chi connectivity index (χ1v) is 6.35. The number of hydrogen-bond acceptors (Lipinski definition) is 4. The SMILES string of the molecule is COc1cccc(/C(=C\c2ccc([N+](=O)[O-])cc2)C(=O)O)c1. The first kappa shape index (κ1) is 15.2. The van der Waals surface area contributed by atoms with E-state index < -0.39 is 10.9 Å². The Morgan fingerprint density at radius 1 is 1.23 bits per heavy atom. The molecule has 0 amide bonds. The third-order valence-electron chi connectivity index (χ3n) is 3.03. The monoisotopic (exact) mass is 299 g/mol. The summed E-state index contributed by atoms with van der Waals surface area (Å²) in [4.78, 5) is 21.6. The lowest BCUT2D eigenvalue weighted by atomic mass is 10.0. The number of nitro benzene ring substituents is 1. The van der Waals surface area contributed by atoms with Crippen molar-refractivity contribution in [3.8, 4) is 5.75 Å². The molecule has 0 aliphatic heterocycles. The van der Waals surface area contributed by atoms with Gasteiger partial charge in [-0.15, -0.1) is 0 Å². The van der Waals surface area contributed by atoms with Crippen LogP contribution in [0.4, 0.5) is 5.69 Å². The van der Waals surface area contributed by atoms with E-state index in [4.69, 9.17) is 4.74 Å². The molecule has 1 N–H and O–H groups in total. The first-order valence-electron chi connectivity index (χ1n) is 6.35. The fraction of sp³-hybridized carbons (Fsp3) is 0.0625. The van der Waals surface area contributed by atoms with E-state index in [0.717, 1.165) is 0 Å². The molecule has 0 aliphatic carbocycles. The molecule has 0 heterocycles. The Kier molecular flexibility index (Phi) is 4.53. The Hall–Kier alpha value is -3.15. The molecule has 2 aromatic carbocycles. The summed E-state index contributed by atoms with van der Waals surface area (Å²) in [6.45, 7) is 0. The van der Waals surface area contributed by atoms with Crippen LogP contribution in [0.1, 0.15) is 11.1 Å². The Labute approximate surface area is 126 Å². The molecule has 2 aromatic rings. The maximum Gasteiger partial charge on any atom is 0.336 e. The third-order valence-corrected chi connectivity index (χ3v) is 3.03. The van der Waals surface area contributed by atoms with Crippen LogP contribution >= 0.6 is 0 Å². The number of nitrogens with zero attached hydrogens (tertiary/aromatic N) is 1. The van der Waals surface area contributed by atoms with Gasteiger partial charge in [0.15, 0.2) is 0 Å². The maximum absolute atomic E-state index is 11.5. The maximum atomic E-state index is 11.5. The first-order chi connectivity index (χ1) is 10.5. The summed E-state index contributed by atoms with van der Waals surface area (Å²) in [6, 6.07) is 12.4. The van der Waals surface area contributed by atoms with Crippen molar-refractivity contribution in [3.05, 3.63) is 69.8 Å². The summed E-state index contributed by atoms with van der Waals surface area (Å²) in [5.41, 5.74) is 1.08. The molecule has 6 nitrogen and oxygen atoms in total. The number of rotatable bonds is 5. The van der Waals surface area contributed by atoms with Gasteiger partial charge in [0.1, 0.15) is 5.75 Å². The van der Waals surface area contributed by atoms with Gasteiger partial charge in [0.2, 0.25) is 0 Å². The normalized spacial score (nSPS) is 11.0. The Bertz CT molecular complexity index is 734. The minimum absolute atomic E-state index is 0.0459. The van der Waals surface area contributed by atoms with Gasteiger partial charge in [0, 0.05) is 12.1 Å². The van der Waals surface area contributed by atoms with Crippen molar-refractivity contribution in [1.82, 2.24) is 0 Å². The average Bonchev–Trinajstić information content (AvgIpc) is 2.52. The topological polar surface area (TPSA) is 89.7 Å². The summed E-state index contributed by atoms with van der Waals surface area (Å²) in [5, 5.41) is 20.0. The standard InChI is InChI=1S/C16H13NO5/c1-22-14-4-2-3-12(10-14)15(16(18)19)9-11-5-7-13(8-6-11)17(20)21/h2-10H,1H3,(H,18,19)/b15-9+. The molecule has 0 saturated carbocycles. The van der Waals surface area contributed by atoms with Crippen LogP contribution in [0.2, 0.25) is 0 Å². The van der Waals surface area contributed by atoms with E-state index in [0.29, 0.717) is 16.9 Å². The van der Waals surface area contributed by atoms with Crippen LogP contribution in [0.3, 0.4) is 0 Å². The minimum atomic E-state index is -1.09. The van der Waals surface area contributed by atoms with Crippen LogP contribution in [-0.4, -0.2) is 23.1 Å². The minimum Gasteiger partial charge on any atom is -0.497 e. The second-order valence-corrected chi connectivity index (χ2v) is 4.44. The van der Waals surface area contributed by atoms with Gasteiger partial charge >= 0.3 is 5.97 Å². The lowest BCUT2D eigenvalue weighted by Crippen LogP contribution is -2.00. The highest BCUT2D eigenvalue weighted by Crippen LogP contribution is 2.23. The van der Waals surface area contributed by atoms with Gasteiger partial charge in [-0.25, -0.2) is 4.79 Å². The van der Waals surface area contributed by atoms with Crippen molar-refractivity contribution < 1.29 is 19.6 Å². The number of non-ortho nitro benzene ring substituents is 1. The van der Waals surface area contributed by atoms with Crippen molar-refractivity contribution in [2.45, 2.75) is 0 Å². The molecule has 0 aliphatic rings. The van der Waals surface area contributed by atoms with Gasteiger partial charge < -0.3 is 9.84 Å². The molecule has 112 valence electrons. The van der Waals surface area contributed by atoms with Crippen molar-refractivity contribution >= 4 is 23.3 Å². The molecule has 0 aromatic heterocycles. The average molecular weight is 299 g/mol. The molecule has 0 radical (unpaired) electrons. The molecular formula is C16H13NO5. The van der Waals surface area contributed by atoms with E-state index in [1.165, 1.54) is 37.5 Å². The fourth-order valence-corrected chi connectivity index (χ4v) is 1.92. The Morgan fingerprint density at radius 2 is 1.91 bits per heavy atom. The zero-order valence-electron chi connectivity index (χ0n) is 11.7. The second-order valence-electron chi connectivity index (χ2n) is 4.44. The van der Waals surface area contributed by atoms with Gasteiger partial charge in [-0.3, -0.25) is 10.1 Å². The Morgan fingerprint density at radius 3 is 2.45 bits per heavy atom. The van der Waals surface area contributed by atoms with Crippen LogP contribution < -0.4 is 4.74 Å². The molecule has 0 saturated heterocycles. The number of carboxylic acid groups (broad SMARTS) is 1. The van der Waals surface area contributed by atoms with Gasteiger partial charge in [0.25, 0.3) is 5.69 Å². The highest BCUT2D eigenvalue weighted by atomic mass is 16.6. The molecule has 0 unspecified atom stereocenters. The predicted molar refractivity (Wildman–Crippen MR) is 81.6 cm³/mol. The van der Waals surface area contributed by atoms with Crippen LogP contribution in [0.25, 0.3) is 11.6 Å². The highest BCUT2D eigenvalue weighted by molar-refractivity contribution is 6.20. The van der Waals surface area contributed by atoms with Crippen LogP contribution in [0.5, 0.6) is 5.75 Å². The number of ether oxygens (including phenoxy) is 1. The molecule has 6 heteroatoms. The molecule has 0 fully saturated rings. The van der Waals surface area contributed by atoms with E-state index >= 15 is 0 Å². The number of nitro groups is 1. The summed E-state index contributed by atoms with van der Waals surface area (Å²) in [5.74, 6) is -0.542. The van der Waals surface area contributed by atoms with E-state index in [1.807, 2.05) is 0 Å². The quantitative estimate of drug-likeness (QED) is 0.396. The number of aliphatic carboxylic acids is 1. The number of benzene rings is 2. The predicted octanol–water partition coefficient (Wildman–Crippen LogP) is 3.23. The van der Waals surface area contributed by atoms with Crippen LogP contribution in [-0.2, 0) is 4.79 Å². The van der Waals surface area contributed by atoms with Gasteiger partial charge in [-0.05, 0) is 41.5 Å². The summed E-state index contributed by atoms with van der Waals surface area (Å²) in [7, 11) is 1.50. The van der Waals surface area contributed by atoms with Gasteiger partial charge in [-0.2, -0.15) is 0 Å². The third kappa shape index (κ3) is 3.49. The number of carbonyl (C=O) groups is 1. The molecular weight excluding hydrogens is 286 g/mol. The number of methoxy groups -OCH3 is 1. The van der Waals surface area contributed by atoms with Crippen molar-refractivity contribution in [2.75, 3.05) is 7.11 Å².